The molecular weight excluding hydrogens is 446 g/mol. The molecule has 6 nitrogen and oxygen atoms in total. The van der Waals surface area contributed by atoms with E-state index in [1.54, 1.807) is 36.6 Å². The third-order valence-corrected chi connectivity index (χ3v) is 6.18. The van der Waals surface area contributed by atoms with Crippen LogP contribution in [0.4, 0.5) is 5.69 Å². The average Bonchev–Trinajstić information content (AvgIpc) is 3.28. The summed E-state index contributed by atoms with van der Waals surface area (Å²) >= 11 is 7.30. The highest BCUT2D eigenvalue weighted by Gasteiger charge is 2.16. The highest BCUT2D eigenvalue weighted by Crippen LogP contribution is 2.25. The third kappa shape index (κ3) is 4.89. The minimum Gasteiger partial charge on any atom is -0.467 e. The Kier molecular flexibility index (Phi) is 6.67. The van der Waals surface area contributed by atoms with Crippen LogP contribution in [0.1, 0.15) is 31.1 Å². The fourth-order valence-corrected chi connectivity index (χ4v) is 4.38. The molecule has 4 aromatic rings. The van der Waals surface area contributed by atoms with Crippen LogP contribution in [0.5, 0.6) is 0 Å². The minimum atomic E-state index is -0.212. The van der Waals surface area contributed by atoms with Gasteiger partial charge in [0.25, 0.3) is 5.56 Å². The number of thioether (sulfide) groups is 1. The van der Waals surface area contributed by atoms with E-state index in [2.05, 4.69) is 24.1 Å². The van der Waals surface area contributed by atoms with Gasteiger partial charge in [-0.2, -0.15) is 0 Å². The average molecular weight is 468 g/mol. The molecule has 0 spiro atoms. The van der Waals surface area contributed by atoms with E-state index in [-0.39, 0.29) is 29.7 Å². The van der Waals surface area contributed by atoms with E-state index < -0.39 is 0 Å². The lowest BCUT2D eigenvalue weighted by Crippen LogP contribution is -2.24. The Morgan fingerprint density at radius 1 is 1.19 bits per heavy atom. The van der Waals surface area contributed by atoms with E-state index in [9.17, 15) is 9.59 Å². The highest BCUT2D eigenvalue weighted by molar-refractivity contribution is 7.99. The molecule has 0 aliphatic heterocycles. The molecular formula is C24H22ClN3O3S. The van der Waals surface area contributed by atoms with Crippen molar-refractivity contribution in [1.29, 1.82) is 0 Å². The molecule has 0 unspecified atom stereocenters. The number of nitrogens with zero attached hydrogens (tertiary/aromatic N) is 2. The Hall–Kier alpha value is -3.03. The molecule has 8 heteroatoms. The second-order valence-electron chi connectivity index (χ2n) is 7.61. The van der Waals surface area contributed by atoms with Crippen molar-refractivity contribution >= 4 is 45.9 Å². The van der Waals surface area contributed by atoms with Crippen LogP contribution in [0.25, 0.3) is 10.9 Å². The minimum absolute atomic E-state index is 0.100. The lowest BCUT2D eigenvalue weighted by Gasteiger charge is -2.14. The first kappa shape index (κ1) is 22.2. The molecule has 4 rings (SSSR count). The van der Waals surface area contributed by atoms with Crippen LogP contribution in [0.3, 0.4) is 0 Å². The summed E-state index contributed by atoms with van der Waals surface area (Å²) < 4.78 is 6.94. The number of carbonyl (C=O) groups excluding carboxylic acids is 1. The molecule has 0 bridgehead atoms. The van der Waals surface area contributed by atoms with E-state index in [1.807, 2.05) is 24.3 Å². The largest absolute Gasteiger partial charge is 0.467 e. The van der Waals surface area contributed by atoms with Gasteiger partial charge in [-0.05, 0) is 47.9 Å². The number of para-hydroxylation sites is 1. The topological polar surface area (TPSA) is 77.1 Å². The number of nitrogens with one attached hydrogen (secondary N) is 1. The maximum Gasteiger partial charge on any atom is 0.262 e. The van der Waals surface area contributed by atoms with Gasteiger partial charge in [-0.25, -0.2) is 4.98 Å². The predicted molar refractivity (Wildman–Crippen MR) is 129 cm³/mol. The van der Waals surface area contributed by atoms with Crippen LogP contribution in [-0.4, -0.2) is 21.2 Å². The standard InChI is InChI=1S/C24H22ClN3O3S/c1-15(2)18-7-3-4-8-20(18)26-22(29)14-32-24-27-21-12-16(25)9-10-19(21)23(30)28(24)13-17-6-5-11-31-17/h3-12,15H,13-14H2,1-2H3,(H,26,29). The number of anilines is 1. The van der Waals surface area contributed by atoms with Crippen LogP contribution in [0, 0.1) is 0 Å². The smallest absolute Gasteiger partial charge is 0.262 e. The molecule has 32 heavy (non-hydrogen) atoms. The van der Waals surface area contributed by atoms with E-state index in [1.165, 1.54) is 16.3 Å². The zero-order chi connectivity index (χ0) is 22.7. The first-order chi connectivity index (χ1) is 15.4. The molecule has 1 amide bonds. The fourth-order valence-electron chi connectivity index (χ4n) is 3.41. The molecule has 2 heterocycles. The number of hydrogen-bond donors (Lipinski definition) is 1. The fraction of sp³-hybridized carbons (Fsp3) is 0.208. The van der Waals surface area contributed by atoms with Gasteiger partial charge in [-0.15, -0.1) is 0 Å². The predicted octanol–water partition coefficient (Wildman–Crippen LogP) is 5.55. The first-order valence-electron chi connectivity index (χ1n) is 10.2. The Morgan fingerprint density at radius 2 is 2.00 bits per heavy atom. The monoisotopic (exact) mass is 467 g/mol. The Bertz CT molecular complexity index is 1320. The van der Waals surface area contributed by atoms with Gasteiger partial charge in [0, 0.05) is 10.7 Å². The number of fused-ring (bicyclic) bond motifs is 1. The SMILES string of the molecule is CC(C)c1ccccc1NC(=O)CSc1nc2cc(Cl)ccc2c(=O)n1Cc1ccco1. The van der Waals surface area contributed by atoms with Crippen molar-refractivity contribution in [1.82, 2.24) is 9.55 Å². The third-order valence-electron chi connectivity index (χ3n) is 4.97. The van der Waals surface area contributed by atoms with Gasteiger partial charge in [0.2, 0.25) is 5.91 Å². The second-order valence-corrected chi connectivity index (χ2v) is 8.98. The van der Waals surface area contributed by atoms with Gasteiger partial charge in [0.15, 0.2) is 5.16 Å². The van der Waals surface area contributed by atoms with E-state index in [0.29, 0.717) is 26.8 Å². The van der Waals surface area contributed by atoms with E-state index in [0.717, 1.165) is 11.3 Å². The van der Waals surface area contributed by atoms with E-state index in [4.69, 9.17) is 16.0 Å². The van der Waals surface area contributed by atoms with Crippen molar-refractivity contribution in [2.45, 2.75) is 31.5 Å². The second kappa shape index (κ2) is 9.63. The van der Waals surface area contributed by atoms with Gasteiger partial charge in [-0.1, -0.05) is 55.4 Å². The summed E-state index contributed by atoms with van der Waals surface area (Å²) in [5.74, 6) is 0.834. The molecule has 0 saturated heterocycles. The zero-order valence-electron chi connectivity index (χ0n) is 17.7. The molecule has 2 aromatic heterocycles. The molecule has 164 valence electrons. The highest BCUT2D eigenvalue weighted by atomic mass is 35.5. The van der Waals surface area contributed by atoms with Crippen molar-refractivity contribution in [3.8, 4) is 0 Å². The van der Waals surface area contributed by atoms with Gasteiger partial charge < -0.3 is 9.73 Å². The van der Waals surface area contributed by atoms with Crippen molar-refractivity contribution in [2.24, 2.45) is 0 Å². The number of hydrogen-bond acceptors (Lipinski definition) is 5. The Labute approximate surface area is 194 Å². The Balaban J connectivity index is 1.61. The maximum atomic E-state index is 13.2. The summed E-state index contributed by atoms with van der Waals surface area (Å²) in [6, 6.07) is 16.3. The molecule has 0 atom stereocenters. The number of amides is 1. The van der Waals surface area contributed by atoms with Crippen LogP contribution in [0.2, 0.25) is 5.02 Å². The van der Waals surface area contributed by atoms with Crippen molar-refractivity contribution in [2.75, 3.05) is 11.1 Å². The summed E-state index contributed by atoms with van der Waals surface area (Å²) in [6.07, 6.45) is 1.56. The molecule has 1 N–H and O–H groups in total. The van der Waals surface area contributed by atoms with Gasteiger partial charge in [0.1, 0.15) is 5.76 Å². The molecule has 0 aliphatic carbocycles. The van der Waals surface area contributed by atoms with Gasteiger partial charge >= 0.3 is 0 Å². The van der Waals surface area contributed by atoms with Crippen molar-refractivity contribution in [3.05, 3.63) is 87.6 Å². The summed E-state index contributed by atoms with van der Waals surface area (Å²) in [6.45, 7) is 4.38. The molecule has 0 fully saturated rings. The summed E-state index contributed by atoms with van der Waals surface area (Å²) in [4.78, 5) is 30.5. The van der Waals surface area contributed by atoms with Gasteiger partial charge in [0.05, 0.1) is 29.5 Å². The maximum absolute atomic E-state index is 13.2. The summed E-state index contributed by atoms with van der Waals surface area (Å²) in [5, 5.41) is 4.35. The molecule has 0 saturated carbocycles. The number of benzene rings is 2. The van der Waals surface area contributed by atoms with Crippen LogP contribution < -0.4 is 10.9 Å². The van der Waals surface area contributed by atoms with Crippen LogP contribution >= 0.6 is 23.4 Å². The number of rotatable bonds is 7. The number of furan rings is 1. The number of carbonyl (C=O) groups is 1. The molecule has 0 aliphatic rings. The van der Waals surface area contributed by atoms with Crippen LogP contribution in [0.15, 0.2) is 75.2 Å². The lowest BCUT2D eigenvalue weighted by molar-refractivity contribution is -0.113. The molecule has 2 aromatic carbocycles. The Morgan fingerprint density at radius 3 is 2.75 bits per heavy atom. The first-order valence-corrected chi connectivity index (χ1v) is 11.5. The summed E-state index contributed by atoms with van der Waals surface area (Å²) in [7, 11) is 0. The van der Waals surface area contributed by atoms with Crippen molar-refractivity contribution < 1.29 is 9.21 Å². The zero-order valence-corrected chi connectivity index (χ0v) is 19.2. The van der Waals surface area contributed by atoms with Crippen LogP contribution in [-0.2, 0) is 11.3 Å². The quantitative estimate of drug-likeness (QED) is 0.285. The summed E-state index contributed by atoms with van der Waals surface area (Å²) in [5.41, 5.74) is 2.14. The molecule has 0 radical (unpaired) electrons. The van der Waals surface area contributed by atoms with Gasteiger partial charge in [-0.3, -0.25) is 14.2 Å². The normalized spacial score (nSPS) is 11.2. The van der Waals surface area contributed by atoms with E-state index >= 15 is 0 Å². The lowest BCUT2D eigenvalue weighted by atomic mass is 10.0. The van der Waals surface area contributed by atoms with Crippen molar-refractivity contribution in [3.63, 3.8) is 0 Å². The number of aromatic nitrogens is 2. The number of halogens is 1.